The van der Waals surface area contributed by atoms with E-state index in [0.29, 0.717) is 0 Å². The highest BCUT2D eigenvalue weighted by Crippen LogP contribution is 2.25. The molecule has 1 fully saturated rings. The predicted octanol–water partition coefficient (Wildman–Crippen LogP) is 1.52. The van der Waals surface area contributed by atoms with E-state index >= 15 is 0 Å². The van der Waals surface area contributed by atoms with Gasteiger partial charge in [-0.25, -0.2) is 9.97 Å². The first-order chi connectivity index (χ1) is 7.68. The average molecular weight is 221 g/mol. The van der Waals surface area contributed by atoms with Crippen molar-refractivity contribution < 1.29 is 5.11 Å². The summed E-state index contributed by atoms with van der Waals surface area (Å²) in [5.41, 5.74) is 0.960. The molecule has 0 aliphatic heterocycles. The van der Waals surface area contributed by atoms with Crippen molar-refractivity contribution in [2.45, 2.75) is 44.8 Å². The monoisotopic (exact) mass is 221 g/mol. The molecule has 1 aliphatic carbocycles. The van der Waals surface area contributed by atoms with Crippen LogP contribution in [-0.4, -0.2) is 34.3 Å². The third kappa shape index (κ3) is 2.32. The van der Waals surface area contributed by atoms with E-state index in [4.69, 9.17) is 0 Å². The molecule has 2 atom stereocenters. The zero-order chi connectivity index (χ0) is 11.5. The first-order valence-corrected chi connectivity index (χ1v) is 5.88. The Morgan fingerprint density at radius 2 is 2.06 bits per heavy atom. The lowest BCUT2D eigenvalue weighted by molar-refractivity contribution is 0.106. The average Bonchev–Trinajstić information content (AvgIpc) is 2.29. The van der Waals surface area contributed by atoms with Gasteiger partial charge in [0.15, 0.2) is 0 Å². The van der Waals surface area contributed by atoms with Crippen LogP contribution < -0.4 is 4.90 Å². The summed E-state index contributed by atoms with van der Waals surface area (Å²) in [6.07, 6.45) is 5.62. The fourth-order valence-corrected chi connectivity index (χ4v) is 2.35. The lowest BCUT2D eigenvalue weighted by Gasteiger charge is -2.35. The van der Waals surface area contributed by atoms with Crippen molar-refractivity contribution in [1.29, 1.82) is 0 Å². The molecule has 0 spiro atoms. The molecular weight excluding hydrogens is 202 g/mol. The number of rotatable bonds is 2. The van der Waals surface area contributed by atoms with Crippen LogP contribution in [0.25, 0.3) is 0 Å². The Hall–Kier alpha value is -1.16. The van der Waals surface area contributed by atoms with Gasteiger partial charge in [-0.05, 0) is 19.8 Å². The van der Waals surface area contributed by atoms with Gasteiger partial charge in [-0.15, -0.1) is 0 Å². The molecule has 0 radical (unpaired) electrons. The fraction of sp³-hybridized carbons (Fsp3) is 0.667. The minimum Gasteiger partial charge on any atom is -0.391 e. The molecule has 2 unspecified atom stereocenters. The molecular formula is C12H19N3O. The molecule has 0 amide bonds. The van der Waals surface area contributed by atoms with E-state index in [1.807, 2.05) is 20.0 Å². The van der Waals surface area contributed by atoms with E-state index in [1.165, 1.54) is 6.42 Å². The van der Waals surface area contributed by atoms with Crippen LogP contribution in [0, 0.1) is 6.92 Å². The third-order valence-electron chi connectivity index (χ3n) is 3.34. The summed E-state index contributed by atoms with van der Waals surface area (Å²) in [5.74, 6) is 0.901. The second kappa shape index (κ2) is 4.78. The number of hydrogen-bond donors (Lipinski definition) is 1. The molecule has 0 aromatic carbocycles. The summed E-state index contributed by atoms with van der Waals surface area (Å²) < 4.78 is 0. The first-order valence-electron chi connectivity index (χ1n) is 5.88. The molecule has 4 nitrogen and oxygen atoms in total. The molecule has 1 aromatic heterocycles. The molecule has 0 bridgehead atoms. The lowest BCUT2D eigenvalue weighted by atomic mass is 9.91. The minimum atomic E-state index is -0.228. The highest BCUT2D eigenvalue weighted by Gasteiger charge is 2.27. The Morgan fingerprint density at radius 1 is 1.31 bits per heavy atom. The van der Waals surface area contributed by atoms with Crippen LogP contribution in [-0.2, 0) is 0 Å². The van der Waals surface area contributed by atoms with Gasteiger partial charge in [0.1, 0.15) is 12.1 Å². The molecule has 4 heteroatoms. The quantitative estimate of drug-likeness (QED) is 0.822. The van der Waals surface area contributed by atoms with E-state index < -0.39 is 0 Å². The highest BCUT2D eigenvalue weighted by molar-refractivity contribution is 5.39. The zero-order valence-electron chi connectivity index (χ0n) is 9.93. The van der Waals surface area contributed by atoms with Gasteiger partial charge in [-0.1, -0.05) is 12.8 Å². The van der Waals surface area contributed by atoms with Gasteiger partial charge in [0.05, 0.1) is 12.1 Å². The van der Waals surface area contributed by atoms with Crippen molar-refractivity contribution in [3.05, 3.63) is 18.1 Å². The maximum atomic E-state index is 9.98. The van der Waals surface area contributed by atoms with Gasteiger partial charge in [-0.3, -0.25) is 0 Å². The summed E-state index contributed by atoms with van der Waals surface area (Å²) >= 11 is 0. The summed E-state index contributed by atoms with van der Waals surface area (Å²) in [6, 6.07) is 2.16. The van der Waals surface area contributed by atoms with Gasteiger partial charge in [0.2, 0.25) is 0 Å². The molecule has 1 saturated carbocycles. The predicted molar refractivity (Wildman–Crippen MR) is 63.4 cm³/mol. The van der Waals surface area contributed by atoms with E-state index in [0.717, 1.165) is 30.8 Å². The van der Waals surface area contributed by atoms with Gasteiger partial charge in [0.25, 0.3) is 0 Å². The number of aliphatic hydroxyl groups is 1. The summed E-state index contributed by atoms with van der Waals surface area (Å²) in [6.45, 7) is 1.95. The number of hydrogen-bond acceptors (Lipinski definition) is 4. The Labute approximate surface area is 96.3 Å². The van der Waals surface area contributed by atoms with Crippen molar-refractivity contribution in [2.75, 3.05) is 11.9 Å². The Morgan fingerprint density at radius 3 is 2.75 bits per heavy atom. The van der Waals surface area contributed by atoms with Crippen molar-refractivity contribution in [1.82, 2.24) is 9.97 Å². The maximum Gasteiger partial charge on any atom is 0.132 e. The van der Waals surface area contributed by atoms with E-state index in [-0.39, 0.29) is 12.1 Å². The molecule has 88 valence electrons. The summed E-state index contributed by atoms with van der Waals surface area (Å²) in [5, 5.41) is 9.98. The Bertz CT molecular complexity index is 356. The van der Waals surface area contributed by atoms with E-state index in [1.54, 1.807) is 6.33 Å². The number of aliphatic hydroxyl groups excluding tert-OH is 1. The van der Waals surface area contributed by atoms with Crippen molar-refractivity contribution in [3.63, 3.8) is 0 Å². The largest absolute Gasteiger partial charge is 0.391 e. The Kier molecular flexibility index (Phi) is 3.39. The number of anilines is 1. The molecule has 2 rings (SSSR count). The topological polar surface area (TPSA) is 49.2 Å². The van der Waals surface area contributed by atoms with Crippen LogP contribution in [0.2, 0.25) is 0 Å². The first kappa shape index (κ1) is 11.3. The van der Waals surface area contributed by atoms with Crippen LogP contribution in [0.3, 0.4) is 0 Å². The van der Waals surface area contributed by atoms with Crippen molar-refractivity contribution >= 4 is 5.82 Å². The fourth-order valence-electron chi connectivity index (χ4n) is 2.35. The van der Waals surface area contributed by atoms with Gasteiger partial charge >= 0.3 is 0 Å². The second-order valence-corrected chi connectivity index (χ2v) is 4.55. The number of likely N-dealkylation sites (N-methyl/N-ethyl adjacent to an activating group) is 1. The van der Waals surface area contributed by atoms with Crippen LogP contribution in [0.1, 0.15) is 31.4 Å². The number of aromatic nitrogens is 2. The summed E-state index contributed by atoms with van der Waals surface area (Å²) in [4.78, 5) is 10.4. The molecule has 0 saturated heterocycles. The van der Waals surface area contributed by atoms with Crippen LogP contribution >= 0.6 is 0 Å². The normalized spacial score (nSPS) is 25.4. The smallest absolute Gasteiger partial charge is 0.132 e. The van der Waals surface area contributed by atoms with Gasteiger partial charge in [0, 0.05) is 18.8 Å². The SMILES string of the molecule is Cc1cc(N(C)C2CCCCC2O)ncn1. The number of aryl methyl sites for hydroxylation is 1. The zero-order valence-corrected chi connectivity index (χ0v) is 9.93. The third-order valence-corrected chi connectivity index (χ3v) is 3.34. The van der Waals surface area contributed by atoms with Crippen LogP contribution in [0.4, 0.5) is 5.82 Å². The molecule has 1 N–H and O–H groups in total. The Balaban J connectivity index is 2.14. The minimum absolute atomic E-state index is 0.197. The lowest BCUT2D eigenvalue weighted by Crippen LogP contribution is -2.43. The molecule has 1 aromatic rings. The van der Waals surface area contributed by atoms with Crippen molar-refractivity contribution in [3.8, 4) is 0 Å². The van der Waals surface area contributed by atoms with Crippen molar-refractivity contribution in [2.24, 2.45) is 0 Å². The molecule has 1 heterocycles. The van der Waals surface area contributed by atoms with Crippen LogP contribution in [0.5, 0.6) is 0 Å². The van der Waals surface area contributed by atoms with E-state index in [2.05, 4.69) is 14.9 Å². The summed E-state index contributed by atoms with van der Waals surface area (Å²) in [7, 11) is 2.00. The molecule has 16 heavy (non-hydrogen) atoms. The number of nitrogens with zero attached hydrogens (tertiary/aromatic N) is 3. The maximum absolute atomic E-state index is 9.98. The van der Waals surface area contributed by atoms with Gasteiger partial charge < -0.3 is 10.0 Å². The molecule has 1 aliphatic rings. The second-order valence-electron chi connectivity index (χ2n) is 4.55. The van der Waals surface area contributed by atoms with E-state index in [9.17, 15) is 5.11 Å². The van der Waals surface area contributed by atoms with Gasteiger partial charge in [-0.2, -0.15) is 0 Å². The standard InChI is InChI=1S/C12H19N3O/c1-9-7-12(14-8-13-9)15(2)10-5-3-4-6-11(10)16/h7-8,10-11,16H,3-6H2,1-2H3. The highest BCUT2D eigenvalue weighted by atomic mass is 16.3. The van der Waals surface area contributed by atoms with Crippen LogP contribution in [0.15, 0.2) is 12.4 Å².